The summed E-state index contributed by atoms with van der Waals surface area (Å²) in [6.45, 7) is 9.22. The average molecular weight is 335 g/mol. The molecule has 0 fully saturated rings. The molecule has 0 rings (SSSR count). The third-order valence-electron chi connectivity index (χ3n) is 2.94. The summed E-state index contributed by atoms with van der Waals surface area (Å²) in [6, 6.07) is -0.933. The number of aliphatic carboxylic acids is 1. The first-order valence-electron chi connectivity index (χ1n) is 7.32. The number of methoxy groups -OCH3 is 1. The molecule has 2 N–H and O–H groups in total. The van der Waals surface area contributed by atoms with Gasteiger partial charge in [0, 0.05) is 7.11 Å². The molecule has 0 aromatic carbocycles. The zero-order valence-electron chi connectivity index (χ0n) is 14.4. The molecule has 6 nitrogen and oxygen atoms in total. The number of thioether (sulfide) groups is 1. The minimum atomic E-state index is -1.05. The van der Waals surface area contributed by atoms with Crippen LogP contribution < -0.4 is 5.32 Å². The maximum atomic E-state index is 11.6. The number of carbonyl (C=O) groups excluding carboxylic acids is 1. The lowest BCUT2D eigenvalue weighted by atomic mass is 10.1. The molecule has 1 unspecified atom stereocenters. The molecular weight excluding hydrogens is 306 g/mol. The summed E-state index contributed by atoms with van der Waals surface area (Å²) < 4.78 is 10.4. The summed E-state index contributed by atoms with van der Waals surface area (Å²) in [7, 11) is 1.68. The molecule has 22 heavy (non-hydrogen) atoms. The van der Waals surface area contributed by atoms with E-state index in [9.17, 15) is 9.59 Å². The van der Waals surface area contributed by atoms with Crippen molar-refractivity contribution in [3.8, 4) is 0 Å². The number of carbonyl (C=O) groups is 2. The summed E-state index contributed by atoms with van der Waals surface area (Å²) in [5, 5.41) is 11.5. The van der Waals surface area contributed by atoms with Gasteiger partial charge in [0.25, 0.3) is 0 Å². The Labute approximate surface area is 137 Å². The van der Waals surface area contributed by atoms with Crippen LogP contribution in [0.1, 0.15) is 47.5 Å². The Morgan fingerprint density at radius 2 is 1.77 bits per heavy atom. The number of nitrogens with one attached hydrogen (secondary N) is 1. The Balaban J connectivity index is 4.11. The summed E-state index contributed by atoms with van der Waals surface area (Å²) in [5.41, 5.74) is -0.818. The number of alkyl carbamates (subject to hydrolysis) is 1. The minimum absolute atomic E-state index is 0.173. The highest BCUT2D eigenvalue weighted by Crippen LogP contribution is 2.17. The summed E-state index contributed by atoms with van der Waals surface area (Å²) >= 11 is 1.65. The van der Waals surface area contributed by atoms with Crippen LogP contribution in [-0.2, 0) is 14.3 Å². The van der Waals surface area contributed by atoms with Crippen LogP contribution in [0, 0.1) is 0 Å². The van der Waals surface area contributed by atoms with E-state index in [0.29, 0.717) is 12.2 Å². The van der Waals surface area contributed by atoms with Gasteiger partial charge in [0.2, 0.25) is 0 Å². The van der Waals surface area contributed by atoms with Gasteiger partial charge < -0.3 is 19.9 Å². The molecule has 0 aliphatic rings. The quantitative estimate of drug-likeness (QED) is 0.630. The molecular formula is C15H29NO5S. The first-order valence-corrected chi connectivity index (χ1v) is 8.47. The van der Waals surface area contributed by atoms with E-state index in [1.165, 1.54) is 0 Å². The maximum Gasteiger partial charge on any atom is 0.408 e. The Kier molecular flexibility index (Phi) is 8.85. The number of ether oxygens (including phenoxy) is 2. The molecule has 0 aliphatic heterocycles. The van der Waals surface area contributed by atoms with Crippen molar-refractivity contribution in [1.29, 1.82) is 0 Å². The molecule has 1 atom stereocenters. The SMILES string of the molecule is COC(C)(C)CCSCCC(NC(=O)OC(C)(C)C)C(=O)O. The number of carboxylic acid groups (broad SMARTS) is 1. The molecule has 0 spiro atoms. The molecule has 0 saturated carbocycles. The third kappa shape index (κ3) is 10.7. The second kappa shape index (κ2) is 9.25. The van der Waals surface area contributed by atoms with E-state index in [1.54, 1.807) is 39.6 Å². The van der Waals surface area contributed by atoms with E-state index in [4.69, 9.17) is 14.6 Å². The van der Waals surface area contributed by atoms with Gasteiger partial charge in [-0.2, -0.15) is 11.8 Å². The zero-order valence-corrected chi connectivity index (χ0v) is 15.2. The smallest absolute Gasteiger partial charge is 0.408 e. The van der Waals surface area contributed by atoms with Crippen LogP contribution in [0.4, 0.5) is 4.79 Å². The minimum Gasteiger partial charge on any atom is -0.480 e. The highest BCUT2D eigenvalue weighted by atomic mass is 32.2. The topological polar surface area (TPSA) is 84.9 Å². The Morgan fingerprint density at radius 3 is 2.23 bits per heavy atom. The molecule has 130 valence electrons. The van der Waals surface area contributed by atoms with Crippen molar-refractivity contribution >= 4 is 23.8 Å². The van der Waals surface area contributed by atoms with Crippen LogP contribution in [0.15, 0.2) is 0 Å². The van der Waals surface area contributed by atoms with E-state index < -0.39 is 23.7 Å². The Morgan fingerprint density at radius 1 is 1.18 bits per heavy atom. The number of carboxylic acids is 1. The van der Waals surface area contributed by atoms with E-state index >= 15 is 0 Å². The second-order valence-electron chi connectivity index (χ2n) is 6.65. The lowest BCUT2D eigenvalue weighted by molar-refractivity contribution is -0.139. The molecule has 0 aliphatic carbocycles. The van der Waals surface area contributed by atoms with Crippen molar-refractivity contribution in [3.05, 3.63) is 0 Å². The first-order chi connectivity index (χ1) is 9.97. The van der Waals surface area contributed by atoms with Crippen LogP contribution in [-0.4, -0.2) is 53.0 Å². The number of rotatable bonds is 9. The van der Waals surface area contributed by atoms with Crippen molar-refractivity contribution in [3.63, 3.8) is 0 Å². The average Bonchev–Trinajstić information content (AvgIpc) is 2.34. The molecule has 0 heterocycles. The van der Waals surface area contributed by atoms with Crippen LogP contribution >= 0.6 is 11.8 Å². The van der Waals surface area contributed by atoms with Gasteiger partial charge in [-0.05, 0) is 59.0 Å². The summed E-state index contributed by atoms with van der Waals surface area (Å²) in [6.07, 6.45) is 0.531. The summed E-state index contributed by atoms with van der Waals surface area (Å²) in [5.74, 6) is 0.468. The van der Waals surface area contributed by atoms with Crippen LogP contribution in [0.5, 0.6) is 0 Å². The highest BCUT2D eigenvalue weighted by molar-refractivity contribution is 7.99. The largest absolute Gasteiger partial charge is 0.480 e. The van der Waals surface area contributed by atoms with Crippen LogP contribution in [0.3, 0.4) is 0 Å². The molecule has 1 amide bonds. The van der Waals surface area contributed by atoms with Gasteiger partial charge in [-0.1, -0.05) is 0 Å². The molecule has 0 radical (unpaired) electrons. The van der Waals surface area contributed by atoms with Crippen molar-refractivity contribution in [2.75, 3.05) is 18.6 Å². The second-order valence-corrected chi connectivity index (χ2v) is 7.88. The van der Waals surface area contributed by atoms with E-state index in [2.05, 4.69) is 5.32 Å². The van der Waals surface area contributed by atoms with E-state index in [-0.39, 0.29) is 5.60 Å². The summed E-state index contributed by atoms with van der Waals surface area (Å²) in [4.78, 5) is 22.8. The zero-order chi connectivity index (χ0) is 17.4. The predicted octanol–water partition coefficient (Wildman–Crippen LogP) is 2.90. The maximum absolute atomic E-state index is 11.6. The fourth-order valence-electron chi connectivity index (χ4n) is 1.43. The van der Waals surface area contributed by atoms with Gasteiger partial charge >= 0.3 is 12.1 Å². The van der Waals surface area contributed by atoms with Gasteiger partial charge in [-0.3, -0.25) is 0 Å². The van der Waals surface area contributed by atoms with Gasteiger partial charge in [0.15, 0.2) is 0 Å². The van der Waals surface area contributed by atoms with Crippen molar-refractivity contribution in [1.82, 2.24) is 5.32 Å². The van der Waals surface area contributed by atoms with Gasteiger partial charge in [-0.25, -0.2) is 9.59 Å². The standard InChI is InChI=1S/C15H29NO5S/c1-14(2,3)21-13(19)16-11(12(17)18)7-9-22-10-8-15(4,5)20-6/h11H,7-10H2,1-6H3,(H,16,19)(H,17,18). The Bertz CT molecular complexity index is 365. The van der Waals surface area contributed by atoms with Crippen molar-refractivity contribution in [2.24, 2.45) is 0 Å². The highest BCUT2D eigenvalue weighted by Gasteiger charge is 2.23. The third-order valence-corrected chi connectivity index (χ3v) is 3.96. The van der Waals surface area contributed by atoms with Crippen LogP contribution in [0.2, 0.25) is 0 Å². The molecule has 0 aromatic rings. The molecule has 0 bridgehead atoms. The molecule has 0 saturated heterocycles. The van der Waals surface area contributed by atoms with Gasteiger partial charge in [0.1, 0.15) is 11.6 Å². The van der Waals surface area contributed by atoms with Crippen LogP contribution in [0.25, 0.3) is 0 Å². The first kappa shape index (κ1) is 21.0. The lowest BCUT2D eigenvalue weighted by Crippen LogP contribution is -2.43. The van der Waals surface area contributed by atoms with E-state index in [0.717, 1.165) is 12.2 Å². The fourth-order valence-corrected chi connectivity index (χ4v) is 2.67. The van der Waals surface area contributed by atoms with Gasteiger partial charge in [0.05, 0.1) is 5.60 Å². The monoisotopic (exact) mass is 335 g/mol. The van der Waals surface area contributed by atoms with Gasteiger partial charge in [-0.15, -0.1) is 0 Å². The number of hydrogen-bond donors (Lipinski definition) is 2. The lowest BCUT2D eigenvalue weighted by Gasteiger charge is -2.23. The normalized spacial score (nSPS) is 13.5. The van der Waals surface area contributed by atoms with Crippen molar-refractivity contribution < 1.29 is 24.2 Å². The predicted molar refractivity (Wildman–Crippen MR) is 88.4 cm³/mol. The number of amides is 1. The Hall–Kier alpha value is -0.950. The molecule has 0 aromatic heterocycles. The number of hydrogen-bond acceptors (Lipinski definition) is 5. The molecule has 7 heteroatoms. The van der Waals surface area contributed by atoms with Crippen molar-refractivity contribution in [2.45, 2.75) is 64.7 Å². The van der Waals surface area contributed by atoms with E-state index in [1.807, 2.05) is 13.8 Å². The fraction of sp³-hybridized carbons (Fsp3) is 0.867.